The van der Waals surface area contributed by atoms with E-state index in [1.807, 2.05) is 43.3 Å². The summed E-state index contributed by atoms with van der Waals surface area (Å²) in [5.41, 5.74) is 1.75. The molecule has 1 aromatic heterocycles. The second-order valence-electron chi connectivity index (χ2n) is 6.73. The number of carbonyl (C=O) groups excluding carboxylic acids is 1. The van der Waals surface area contributed by atoms with Crippen LogP contribution in [0.25, 0.3) is 11.3 Å². The van der Waals surface area contributed by atoms with E-state index in [9.17, 15) is 4.79 Å². The highest BCUT2D eigenvalue weighted by Gasteiger charge is 2.36. The lowest BCUT2D eigenvalue weighted by Crippen LogP contribution is -2.40. The number of benzene rings is 1. The van der Waals surface area contributed by atoms with Crippen molar-refractivity contribution in [1.82, 2.24) is 15.4 Å². The van der Waals surface area contributed by atoms with Crippen LogP contribution in [0, 0.1) is 11.8 Å². The normalized spacial score (nSPS) is 19.2. The number of rotatable bonds is 5. The first-order chi connectivity index (χ1) is 13.1. The van der Waals surface area contributed by atoms with Gasteiger partial charge in [0.2, 0.25) is 0 Å². The molecular formula is C20H27IN4O3. The highest BCUT2D eigenvalue weighted by molar-refractivity contribution is 14.0. The predicted octanol–water partition coefficient (Wildman–Crippen LogP) is 3.17. The minimum Gasteiger partial charge on any atom is -0.469 e. The molecule has 2 atom stereocenters. The van der Waals surface area contributed by atoms with E-state index in [2.05, 4.69) is 27.3 Å². The summed E-state index contributed by atoms with van der Waals surface area (Å²) >= 11 is 0. The molecule has 8 heteroatoms. The molecule has 2 heterocycles. The summed E-state index contributed by atoms with van der Waals surface area (Å²) in [6.07, 6.45) is 0. The summed E-state index contributed by atoms with van der Waals surface area (Å²) < 4.78 is 10.4. The van der Waals surface area contributed by atoms with Crippen molar-refractivity contribution in [3.63, 3.8) is 0 Å². The van der Waals surface area contributed by atoms with Crippen molar-refractivity contribution in [3.8, 4) is 11.3 Å². The summed E-state index contributed by atoms with van der Waals surface area (Å²) in [6.45, 7) is 6.62. The van der Waals surface area contributed by atoms with Crippen LogP contribution in [0.2, 0.25) is 0 Å². The van der Waals surface area contributed by atoms with Gasteiger partial charge in [0.1, 0.15) is 5.69 Å². The molecule has 7 nitrogen and oxygen atoms in total. The van der Waals surface area contributed by atoms with E-state index >= 15 is 0 Å². The molecule has 0 amide bonds. The third-order valence-corrected chi connectivity index (χ3v) is 4.76. The highest BCUT2D eigenvalue weighted by atomic mass is 127. The Morgan fingerprint density at radius 3 is 2.79 bits per heavy atom. The minimum absolute atomic E-state index is 0. The largest absolute Gasteiger partial charge is 0.469 e. The zero-order valence-corrected chi connectivity index (χ0v) is 18.8. The monoisotopic (exact) mass is 498 g/mol. The molecule has 0 bridgehead atoms. The van der Waals surface area contributed by atoms with Crippen LogP contribution in [-0.2, 0) is 16.1 Å². The van der Waals surface area contributed by atoms with E-state index in [1.54, 1.807) is 0 Å². The van der Waals surface area contributed by atoms with Gasteiger partial charge in [0.05, 0.1) is 19.6 Å². The number of methoxy groups -OCH3 is 1. The van der Waals surface area contributed by atoms with Gasteiger partial charge in [-0.05, 0) is 12.8 Å². The molecule has 1 fully saturated rings. The van der Waals surface area contributed by atoms with Gasteiger partial charge >= 0.3 is 5.97 Å². The summed E-state index contributed by atoms with van der Waals surface area (Å²) in [7, 11) is 1.44. The molecule has 0 saturated carbocycles. The fourth-order valence-electron chi connectivity index (χ4n) is 3.30. The highest BCUT2D eigenvalue weighted by Crippen LogP contribution is 2.24. The van der Waals surface area contributed by atoms with Crippen molar-refractivity contribution >= 4 is 35.9 Å². The maximum absolute atomic E-state index is 11.9. The summed E-state index contributed by atoms with van der Waals surface area (Å²) in [5.74, 6) is 1.44. The average Bonchev–Trinajstić information content (AvgIpc) is 3.32. The van der Waals surface area contributed by atoms with Gasteiger partial charge in [-0.2, -0.15) is 0 Å². The standard InChI is InChI=1S/C20H26N4O3.HI/c1-4-21-20(24-12-14(2)17(13-24)19(25)26-3)22-11-16-10-18(27-23-16)15-8-6-5-7-9-15;/h5-10,14,17H,4,11-13H2,1-3H3,(H,21,22);1H. The van der Waals surface area contributed by atoms with Crippen molar-refractivity contribution in [2.24, 2.45) is 16.8 Å². The van der Waals surface area contributed by atoms with Crippen LogP contribution in [0.15, 0.2) is 45.9 Å². The number of ether oxygens (including phenoxy) is 1. The molecule has 1 saturated heterocycles. The number of aliphatic imine (C=N–C) groups is 1. The van der Waals surface area contributed by atoms with Crippen molar-refractivity contribution < 1.29 is 14.1 Å². The SMILES string of the molecule is CCNC(=NCc1cc(-c2ccccc2)on1)N1CC(C)C(C(=O)OC)C1.I. The number of aromatic nitrogens is 1. The second kappa shape index (κ2) is 10.4. The zero-order valence-electron chi connectivity index (χ0n) is 16.4. The van der Waals surface area contributed by atoms with Crippen LogP contribution < -0.4 is 5.32 Å². The Morgan fingerprint density at radius 1 is 1.36 bits per heavy atom. The lowest BCUT2D eigenvalue weighted by molar-refractivity contribution is -0.145. The van der Waals surface area contributed by atoms with E-state index in [0.29, 0.717) is 13.1 Å². The quantitative estimate of drug-likeness (QED) is 0.295. The molecule has 3 rings (SSSR count). The first-order valence-corrected chi connectivity index (χ1v) is 9.24. The predicted molar refractivity (Wildman–Crippen MR) is 118 cm³/mol. The molecule has 2 unspecified atom stereocenters. The topological polar surface area (TPSA) is 80.0 Å². The smallest absolute Gasteiger partial charge is 0.310 e. The Labute approximate surface area is 182 Å². The molecule has 0 spiro atoms. The van der Waals surface area contributed by atoms with E-state index in [0.717, 1.165) is 36.1 Å². The number of nitrogens with one attached hydrogen (secondary N) is 1. The number of likely N-dealkylation sites (tertiary alicyclic amines) is 1. The van der Waals surface area contributed by atoms with Crippen LogP contribution in [0.5, 0.6) is 0 Å². The fraction of sp³-hybridized carbons (Fsp3) is 0.450. The zero-order chi connectivity index (χ0) is 19.2. The third-order valence-electron chi connectivity index (χ3n) is 4.76. The molecule has 0 radical (unpaired) electrons. The van der Waals surface area contributed by atoms with Crippen LogP contribution >= 0.6 is 24.0 Å². The van der Waals surface area contributed by atoms with Crippen LogP contribution in [0.4, 0.5) is 0 Å². The lowest BCUT2D eigenvalue weighted by Gasteiger charge is -2.21. The van der Waals surface area contributed by atoms with Gasteiger partial charge in [-0.3, -0.25) is 4.79 Å². The molecule has 2 aromatic rings. The summed E-state index contributed by atoms with van der Waals surface area (Å²) in [4.78, 5) is 18.7. The Morgan fingerprint density at radius 2 is 2.11 bits per heavy atom. The van der Waals surface area contributed by atoms with Crippen molar-refractivity contribution in [2.75, 3.05) is 26.7 Å². The Hall–Kier alpha value is -2.10. The lowest BCUT2D eigenvalue weighted by atomic mass is 9.99. The minimum atomic E-state index is -0.162. The number of halogens is 1. The molecule has 0 aliphatic carbocycles. The average molecular weight is 498 g/mol. The molecular weight excluding hydrogens is 471 g/mol. The second-order valence-corrected chi connectivity index (χ2v) is 6.73. The van der Waals surface area contributed by atoms with Gasteiger partial charge in [0.25, 0.3) is 0 Å². The van der Waals surface area contributed by atoms with Crippen LogP contribution in [0.1, 0.15) is 19.5 Å². The maximum atomic E-state index is 11.9. The first-order valence-electron chi connectivity index (χ1n) is 9.24. The molecule has 1 aliphatic rings. The van der Waals surface area contributed by atoms with Crippen LogP contribution in [-0.4, -0.2) is 48.7 Å². The van der Waals surface area contributed by atoms with Gasteiger partial charge in [0, 0.05) is 31.3 Å². The molecule has 1 aliphatic heterocycles. The molecule has 1 N–H and O–H groups in total. The van der Waals surface area contributed by atoms with Crippen molar-refractivity contribution in [2.45, 2.75) is 20.4 Å². The Balaban J connectivity index is 0.00000280. The Bertz CT molecular complexity index is 794. The van der Waals surface area contributed by atoms with Gasteiger partial charge in [-0.15, -0.1) is 24.0 Å². The van der Waals surface area contributed by atoms with Crippen molar-refractivity contribution in [1.29, 1.82) is 0 Å². The van der Waals surface area contributed by atoms with Gasteiger partial charge in [0.15, 0.2) is 11.7 Å². The van der Waals surface area contributed by atoms with Gasteiger partial charge in [-0.25, -0.2) is 4.99 Å². The third kappa shape index (κ3) is 5.24. The van der Waals surface area contributed by atoms with Crippen LogP contribution in [0.3, 0.4) is 0 Å². The maximum Gasteiger partial charge on any atom is 0.310 e. The number of hydrogen-bond acceptors (Lipinski definition) is 5. The fourth-order valence-corrected chi connectivity index (χ4v) is 3.30. The van der Waals surface area contributed by atoms with E-state index in [-0.39, 0.29) is 41.8 Å². The van der Waals surface area contributed by atoms with E-state index in [4.69, 9.17) is 9.26 Å². The number of carbonyl (C=O) groups is 1. The number of esters is 1. The summed E-state index contributed by atoms with van der Waals surface area (Å²) in [6, 6.07) is 11.8. The van der Waals surface area contributed by atoms with Gasteiger partial charge < -0.3 is 19.5 Å². The summed E-state index contributed by atoms with van der Waals surface area (Å²) in [5, 5.41) is 7.42. The molecule has 152 valence electrons. The van der Waals surface area contributed by atoms with Crippen molar-refractivity contribution in [3.05, 3.63) is 42.1 Å². The number of nitrogens with zero attached hydrogens (tertiary/aromatic N) is 3. The Kier molecular flexibility index (Phi) is 8.28. The molecule has 28 heavy (non-hydrogen) atoms. The van der Waals surface area contributed by atoms with Gasteiger partial charge in [-0.1, -0.05) is 42.4 Å². The van der Waals surface area contributed by atoms with E-state index in [1.165, 1.54) is 7.11 Å². The molecule has 1 aromatic carbocycles. The number of hydrogen-bond donors (Lipinski definition) is 1. The number of guanidine groups is 1. The van der Waals surface area contributed by atoms with E-state index < -0.39 is 0 Å². The first kappa shape index (κ1) is 22.2.